The molecule has 8 nitrogen and oxygen atoms in total. The molecule has 0 saturated carbocycles. The Balaban J connectivity index is 3.63. The number of hydrogen-bond acceptors (Lipinski definition) is 6. The van der Waals surface area contributed by atoms with Gasteiger partial charge in [-0.15, -0.1) is 0 Å². The second-order valence-electron chi connectivity index (χ2n) is 8.02. The summed E-state index contributed by atoms with van der Waals surface area (Å²) in [7, 11) is -4.63. The molecule has 0 aromatic carbocycles. The zero-order valence-corrected chi connectivity index (χ0v) is 20.7. The van der Waals surface area contributed by atoms with Crippen LogP contribution in [0.15, 0.2) is 12.2 Å². The highest BCUT2D eigenvalue weighted by atomic mass is 31.2. The van der Waals surface area contributed by atoms with E-state index in [9.17, 15) is 9.36 Å². The number of rotatable bonds is 23. The smallest absolute Gasteiger partial charge is 0.463 e. The molecule has 3 N–H and O–H groups in total. The van der Waals surface area contributed by atoms with E-state index in [0.717, 1.165) is 32.1 Å². The summed E-state index contributed by atoms with van der Waals surface area (Å²) in [4.78, 5) is 29.3. The van der Waals surface area contributed by atoms with E-state index in [-0.39, 0.29) is 25.8 Å². The molecule has 0 aromatic heterocycles. The second kappa shape index (κ2) is 22.1. The fraction of sp³-hybridized carbons (Fsp3) is 0.870. The molecule has 32 heavy (non-hydrogen) atoms. The lowest BCUT2D eigenvalue weighted by Crippen LogP contribution is -2.28. The van der Waals surface area contributed by atoms with Crippen molar-refractivity contribution in [3.63, 3.8) is 0 Å². The Labute approximate surface area is 194 Å². The molecule has 0 unspecified atom stereocenters. The average Bonchev–Trinajstić information content (AvgIpc) is 2.75. The zero-order valence-electron chi connectivity index (χ0n) is 19.8. The van der Waals surface area contributed by atoms with E-state index in [4.69, 9.17) is 24.4 Å². The van der Waals surface area contributed by atoms with Gasteiger partial charge in [0, 0.05) is 6.42 Å². The Bertz CT molecular complexity index is 506. The lowest BCUT2D eigenvalue weighted by atomic mass is 10.1. The first-order valence-corrected chi connectivity index (χ1v) is 13.6. The molecule has 9 heteroatoms. The van der Waals surface area contributed by atoms with Gasteiger partial charge in [-0.05, 0) is 32.1 Å². The van der Waals surface area contributed by atoms with Gasteiger partial charge in [0.25, 0.3) is 0 Å². The van der Waals surface area contributed by atoms with Gasteiger partial charge in [-0.2, -0.15) is 0 Å². The van der Waals surface area contributed by atoms with Crippen LogP contribution in [-0.2, 0) is 23.4 Å². The third kappa shape index (κ3) is 23.9. The highest BCUT2D eigenvalue weighted by Crippen LogP contribution is 2.35. The van der Waals surface area contributed by atoms with E-state index in [2.05, 4.69) is 23.6 Å². The molecule has 0 bridgehead atoms. The predicted molar refractivity (Wildman–Crippen MR) is 125 cm³/mol. The lowest BCUT2D eigenvalue weighted by molar-refractivity contribution is -0.149. The van der Waals surface area contributed by atoms with Gasteiger partial charge in [0.2, 0.25) is 0 Å². The summed E-state index contributed by atoms with van der Waals surface area (Å²) in [5.41, 5.74) is 0. The van der Waals surface area contributed by atoms with Crippen LogP contribution >= 0.6 is 7.82 Å². The fourth-order valence-electron chi connectivity index (χ4n) is 3.14. The van der Waals surface area contributed by atoms with Gasteiger partial charge in [0.15, 0.2) is 0 Å². The second-order valence-corrected chi connectivity index (χ2v) is 9.26. The van der Waals surface area contributed by atoms with E-state index >= 15 is 0 Å². The Morgan fingerprint density at radius 1 is 0.875 bits per heavy atom. The van der Waals surface area contributed by atoms with Crippen molar-refractivity contribution in [1.82, 2.24) is 0 Å². The first-order chi connectivity index (χ1) is 15.4. The van der Waals surface area contributed by atoms with Crippen molar-refractivity contribution in [1.29, 1.82) is 0 Å². The molecule has 0 rings (SSSR count). The number of carbonyl (C=O) groups excluding carboxylic acids is 1. The van der Waals surface area contributed by atoms with Crippen LogP contribution in [0.5, 0.6) is 0 Å². The largest absolute Gasteiger partial charge is 0.469 e. The maximum Gasteiger partial charge on any atom is 0.469 e. The molecule has 0 heterocycles. The summed E-state index contributed by atoms with van der Waals surface area (Å²) in [6.07, 6.45) is 19.5. The van der Waals surface area contributed by atoms with Crippen LogP contribution in [0.25, 0.3) is 0 Å². The van der Waals surface area contributed by atoms with Gasteiger partial charge in [0.1, 0.15) is 12.7 Å². The Morgan fingerprint density at radius 3 is 2.00 bits per heavy atom. The van der Waals surface area contributed by atoms with Crippen molar-refractivity contribution in [2.75, 3.05) is 26.4 Å². The van der Waals surface area contributed by atoms with Crippen molar-refractivity contribution in [3.8, 4) is 0 Å². The quantitative estimate of drug-likeness (QED) is 0.0803. The first-order valence-electron chi connectivity index (χ1n) is 12.1. The molecule has 0 spiro atoms. The summed E-state index contributed by atoms with van der Waals surface area (Å²) >= 11 is 0. The third-order valence-corrected chi connectivity index (χ3v) is 5.43. The molecule has 0 amide bonds. The molecule has 0 fully saturated rings. The number of unbranched alkanes of at least 4 members (excludes halogenated alkanes) is 11. The summed E-state index contributed by atoms with van der Waals surface area (Å²) < 4.78 is 25.4. The van der Waals surface area contributed by atoms with Gasteiger partial charge in [-0.1, -0.05) is 70.4 Å². The summed E-state index contributed by atoms with van der Waals surface area (Å²) in [5.74, 6) is -0.378. The molecule has 0 radical (unpaired) electrons. The Morgan fingerprint density at radius 2 is 1.44 bits per heavy atom. The highest BCUT2D eigenvalue weighted by Gasteiger charge is 2.20. The first kappa shape index (κ1) is 31.2. The van der Waals surface area contributed by atoms with Gasteiger partial charge >= 0.3 is 13.8 Å². The van der Waals surface area contributed by atoms with Crippen molar-refractivity contribution in [2.24, 2.45) is 0 Å². The number of hydrogen-bond donors (Lipinski definition) is 3. The number of phosphoric ester groups is 1. The maximum absolute atomic E-state index is 11.8. The van der Waals surface area contributed by atoms with Gasteiger partial charge in [-0.3, -0.25) is 9.32 Å². The number of phosphoric acid groups is 1. The number of esters is 1. The topological polar surface area (TPSA) is 123 Å². The number of carbonyl (C=O) groups is 1. The number of allylic oxidation sites excluding steroid dienone is 2. The normalized spacial score (nSPS) is 13.0. The fourth-order valence-corrected chi connectivity index (χ4v) is 3.50. The van der Waals surface area contributed by atoms with Crippen LogP contribution in [0.2, 0.25) is 0 Å². The number of aliphatic hydroxyl groups excluding tert-OH is 1. The number of aliphatic hydroxyl groups is 1. The molecule has 0 aliphatic rings. The zero-order chi connectivity index (χ0) is 23.9. The van der Waals surface area contributed by atoms with E-state index in [1.807, 2.05) is 0 Å². The number of ether oxygens (including phenoxy) is 2. The minimum atomic E-state index is -4.63. The van der Waals surface area contributed by atoms with E-state index < -0.39 is 20.5 Å². The summed E-state index contributed by atoms with van der Waals surface area (Å²) in [6, 6.07) is 0. The molecule has 190 valence electrons. The Hall–Kier alpha value is -0.760. The lowest BCUT2D eigenvalue weighted by Gasteiger charge is -2.17. The predicted octanol–water partition coefficient (Wildman–Crippen LogP) is 5.05. The third-order valence-electron chi connectivity index (χ3n) is 4.95. The van der Waals surface area contributed by atoms with Gasteiger partial charge in [-0.25, -0.2) is 4.57 Å². The molecule has 0 aliphatic carbocycles. The van der Waals surface area contributed by atoms with Crippen LogP contribution in [-0.4, -0.2) is 53.4 Å². The summed E-state index contributed by atoms with van der Waals surface area (Å²) in [5, 5.41) is 8.79. The van der Waals surface area contributed by atoms with Crippen LogP contribution < -0.4 is 0 Å². The van der Waals surface area contributed by atoms with E-state index in [1.54, 1.807) is 0 Å². The average molecular weight is 481 g/mol. The molecular formula is C23H45O8P. The maximum atomic E-state index is 11.8. The van der Waals surface area contributed by atoms with Crippen LogP contribution in [0.3, 0.4) is 0 Å². The van der Waals surface area contributed by atoms with E-state index in [0.29, 0.717) is 6.42 Å². The van der Waals surface area contributed by atoms with Crippen molar-refractivity contribution < 1.29 is 38.3 Å². The molecular weight excluding hydrogens is 435 g/mol. The molecule has 0 aliphatic heterocycles. The standard InChI is InChI=1S/C23H45O8P/c1-2-3-4-5-6-7-8-9-10-11-12-13-14-15-16-17-23(25)30-20-22(29-19-18-24)21-31-32(26,27)28/h9-10,22,24H,2-8,11-21H2,1H3,(H2,26,27,28)/b10-9+/t22-/m0/s1. The monoisotopic (exact) mass is 480 g/mol. The molecule has 1 atom stereocenters. The molecule has 0 aromatic rings. The highest BCUT2D eigenvalue weighted by molar-refractivity contribution is 7.46. The van der Waals surface area contributed by atoms with Gasteiger partial charge in [0.05, 0.1) is 19.8 Å². The molecule has 0 saturated heterocycles. The minimum Gasteiger partial charge on any atom is -0.463 e. The Kier molecular flexibility index (Phi) is 21.5. The van der Waals surface area contributed by atoms with E-state index in [1.165, 1.54) is 51.4 Å². The minimum absolute atomic E-state index is 0.0407. The van der Waals surface area contributed by atoms with Crippen molar-refractivity contribution in [2.45, 2.75) is 103 Å². The van der Waals surface area contributed by atoms with Gasteiger partial charge < -0.3 is 24.4 Å². The summed E-state index contributed by atoms with van der Waals surface area (Å²) in [6.45, 7) is 1.34. The SMILES string of the molecule is CCCCCCCC/C=C/CCCCCCCC(=O)OC[C@@H](COP(=O)(O)O)OCCO. The van der Waals surface area contributed by atoms with Crippen molar-refractivity contribution in [3.05, 3.63) is 12.2 Å². The van der Waals surface area contributed by atoms with Crippen LogP contribution in [0, 0.1) is 0 Å². The van der Waals surface area contributed by atoms with Crippen molar-refractivity contribution >= 4 is 13.8 Å². The van der Waals surface area contributed by atoms with Crippen LogP contribution in [0.1, 0.15) is 96.8 Å². The van der Waals surface area contributed by atoms with Crippen LogP contribution in [0.4, 0.5) is 0 Å².